The Kier molecular flexibility index (Phi) is 5.48. The van der Waals surface area contributed by atoms with Gasteiger partial charge in [0.1, 0.15) is 6.17 Å². The number of halogens is 1. The molecule has 1 N–H and O–H groups in total. The molecule has 2 aromatic heterocycles. The summed E-state index contributed by atoms with van der Waals surface area (Å²) in [4.78, 5) is 30.4. The molecule has 0 aromatic carbocycles. The van der Waals surface area contributed by atoms with Crippen molar-refractivity contribution in [3.63, 3.8) is 0 Å². The molecule has 3 rings (SSSR count). The Balaban J connectivity index is 1.71. The third-order valence-corrected chi connectivity index (χ3v) is 4.37. The van der Waals surface area contributed by atoms with E-state index in [1.807, 2.05) is 20.8 Å². The summed E-state index contributed by atoms with van der Waals surface area (Å²) in [6, 6.07) is 3.07. The maximum Gasteiger partial charge on any atom is 0.273 e. The van der Waals surface area contributed by atoms with E-state index in [2.05, 4.69) is 20.6 Å². The number of aromatic nitrogens is 4. The Morgan fingerprint density at radius 3 is 2.81 bits per heavy atom. The number of hydrogen-bond acceptors (Lipinski definition) is 5. The van der Waals surface area contributed by atoms with Crippen LogP contribution >= 0.6 is 0 Å². The second-order valence-electron chi connectivity index (χ2n) is 7.09. The summed E-state index contributed by atoms with van der Waals surface area (Å²) in [5.74, 6) is -0.574. The molecule has 8 nitrogen and oxygen atoms in total. The molecule has 2 aromatic rings. The zero-order valence-electron chi connectivity index (χ0n) is 15.6. The van der Waals surface area contributed by atoms with Crippen LogP contribution in [0.1, 0.15) is 46.8 Å². The van der Waals surface area contributed by atoms with Gasteiger partial charge in [0.05, 0.1) is 30.9 Å². The number of rotatable bonds is 5. The molecule has 0 unspecified atom stereocenters. The molecular weight excluding hydrogens is 351 g/mol. The predicted molar refractivity (Wildman–Crippen MR) is 95.9 cm³/mol. The lowest BCUT2D eigenvalue weighted by Gasteiger charge is -2.24. The van der Waals surface area contributed by atoms with Gasteiger partial charge in [-0.3, -0.25) is 14.6 Å². The van der Waals surface area contributed by atoms with Crippen molar-refractivity contribution in [2.24, 2.45) is 0 Å². The Morgan fingerprint density at radius 2 is 2.15 bits per heavy atom. The Bertz CT molecular complexity index is 820. The number of alkyl halides is 1. The van der Waals surface area contributed by atoms with Gasteiger partial charge < -0.3 is 10.2 Å². The number of aryl methyl sites for hydroxylation is 1. The third-order valence-electron chi connectivity index (χ3n) is 4.37. The number of carbonyl (C=O) groups excluding carboxylic acids is 2. The summed E-state index contributed by atoms with van der Waals surface area (Å²) in [5, 5.41) is 10.5. The minimum absolute atomic E-state index is 0.0130. The van der Waals surface area contributed by atoms with Crippen molar-refractivity contribution in [1.82, 2.24) is 30.2 Å². The van der Waals surface area contributed by atoms with Crippen LogP contribution in [-0.4, -0.2) is 61.5 Å². The Morgan fingerprint density at radius 1 is 1.37 bits per heavy atom. The SMILES string of the molecule is Cc1ccc(C(=O)N2C[C@@H](F)C[C@H]2Cn2cc(C(=O)NC(C)C)nn2)cn1. The van der Waals surface area contributed by atoms with Crippen LogP contribution in [0.15, 0.2) is 24.5 Å². The molecule has 0 saturated carbocycles. The van der Waals surface area contributed by atoms with Gasteiger partial charge in [-0.2, -0.15) is 0 Å². The number of pyridine rings is 1. The molecule has 9 heteroatoms. The first-order valence-corrected chi connectivity index (χ1v) is 8.92. The second kappa shape index (κ2) is 7.81. The van der Waals surface area contributed by atoms with Gasteiger partial charge in [0, 0.05) is 24.4 Å². The van der Waals surface area contributed by atoms with E-state index >= 15 is 0 Å². The summed E-state index contributed by atoms with van der Waals surface area (Å²) >= 11 is 0. The van der Waals surface area contributed by atoms with Gasteiger partial charge in [-0.05, 0) is 32.9 Å². The van der Waals surface area contributed by atoms with E-state index in [0.29, 0.717) is 5.56 Å². The predicted octanol–water partition coefficient (Wildman–Crippen LogP) is 1.37. The van der Waals surface area contributed by atoms with Crippen LogP contribution in [0.3, 0.4) is 0 Å². The van der Waals surface area contributed by atoms with Crippen LogP contribution in [0.5, 0.6) is 0 Å². The number of nitrogens with one attached hydrogen (secondary N) is 1. The van der Waals surface area contributed by atoms with E-state index in [9.17, 15) is 14.0 Å². The number of amides is 2. The van der Waals surface area contributed by atoms with Crippen LogP contribution in [0.2, 0.25) is 0 Å². The van der Waals surface area contributed by atoms with Crippen molar-refractivity contribution in [3.8, 4) is 0 Å². The molecule has 1 saturated heterocycles. The molecule has 0 aliphatic carbocycles. The summed E-state index contributed by atoms with van der Waals surface area (Å²) in [6.07, 6.45) is 2.15. The van der Waals surface area contributed by atoms with Crippen LogP contribution in [0.25, 0.3) is 0 Å². The first-order valence-electron chi connectivity index (χ1n) is 8.92. The zero-order valence-corrected chi connectivity index (χ0v) is 15.6. The van der Waals surface area contributed by atoms with Gasteiger partial charge in [-0.25, -0.2) is 9.07 Å². The van der Waals surface area contributed by atoms with Crippen molar-refractivity contribution in [1.29, 1.82) is 0 Å². The van der Waals surface area contributed by atoms with Crippen molar-refractivity contribution >= 4 is 11.8 Å². The number of nitrogens with zero attached hydrogens (tertiary/aromatic N) is 5. The highest BCUT2D eigenvalue weighted by Gasteiger charge is 2.36. The average Bonchev–Trinajstić information content (AvgIpc) is 3.21. The highest BCUT2D eigenvalue weighted by Crippen LogP contribution is 2.24. The van der Waals surface area contributed by atoms with E-state index in [1.54, 1.807) is 12.1 Å². The van der Waals surface area contributed by atoms with Crippen LogP contribution in [-0.2, 0) is 6.54 Å². The summed E-state index contributed by atoms with van der Waals surface area (Å²) < 4.78 is 15.5. The Labute approximate surface area is 156 Å². The summed E-state index contributed by atoms with van der Waals surface area (Å²) in [5.41, 5.74) is 1.43. The summed E-state index contributed by atoms with van der Waals surface area (Å²) in [6.45, 7) is 5.85. The molecular formula is C18H23FN6O2. The lowest BCUT2D eigenvalue weighted by molar-refractivity contribution is 0.0713. The molecule has 0 radical (unpaired) electrons. The molecule has 0 bridgehead atoms. The van der Waals surface area contributed by atoms with Crippen molar-refractivity contribution in [3.05, 3.63) is 41.5 Å². The quantitative estimate of drug-likeness (QED) is 0.853. The first kappa shape index (κ1) is 18.9. The molecule has 2 atom stereocenters. The van der Waals surface area contributed by atoms with Gasteiger partial charge in [0.2, 0.25) is 0 Å². The smallest absolute Gasteiger partial charge is 0.273 e. The lowest BCUT2D eigenvalue weighted by atomic mass is 10.2. The van der Waals surface area contributed by atoms with E-state index in [-0.39, 0.29) is 49.1 Å². The van der Waals surface area contributed by atoms with Gasteiger partial charge in [0.25, 0.3) is 11.8 Å². The van der Waals surface area contributed by atoms with Gasteiger partial charge >= 0.3 is 0 Å². The molecule has 1 fully saturated rings. The minimum Gasteiger partial charge on any atom is -0.348 e. The monoisotopic (exact) mass is 374 g/mol. The van der Waals surface area contributed by atoms with Crippen LogP contribution < -0.4 is 5.32 Å². The number of likely N-dealkylation sites (tertiary alicyclic amines) is 1. The van der Waals surface area contributed by atoms with Crippen molar-refractivity contribution < 1.29 is 14.0 Å². The molecule has 144 valence electrons. The van der Waals surface area contributed by atoms with E-state index in [1.165, 1.54) is 22.0 Å². The van der Waals surface area contributed by atoms with Crippen LogP contribution in [0, 0.1) is 6.92 Å². The maximum atomic E-state index is 14.0. The molecule has 0 spiro atoms. The average molecular weight is 374 g/mol. The largest absolute Gasteiger partial charge is 0.348 e. The van der Waals surface area contributed by atoms with Crippen molar-refractivity contribution in [2.75, 3.05) is 6.54 Å². The standard InChI is InChI=1S/C18H23FN6O2/c1-11(2)21-17(26)16-10-24(23-22-16)9-15-6-14(19)8-25(15)18(27)13-5-4-12(3)20-7-13/h4-5,7,10-11,14-15H,6,8-9H2,1-3H3,(H,21,26)/t14-,15-/m0/s1. The maximum absolute atomic E-state index is 14.0. The number of hydrogen-bond donors (Lipinski definition) is 1. The normalized spacial score (nSPS) is 19.5. The van der Waals surface area contributed by atoms with E-state index in [4.69, 9.17) is 0 Å². The highest BCUT2D eigenvalue weighted by molar-refractivity contribution is 5.94. The molecule has 3 heterocycles. The zero-order chi connectivity index (χ0) is 19.6. The lowest BCUT2D eigenvalue weighted by Crippen LogP contribution is -2.38. The van der Waals surface area contributed by atoms with Gasteiger partial charge in [0.15, 0.2) is 5.69 Å². The van der Waals surface area contributed by atoms with E-state index in [0.717, 1.165) is 5.69 Å². The van der Waals surface area contributed by atoms with Crippen molar-refractivity contribution in [2.45, 2.75) is 52.0 Å². The number of carbonyl (C=O) groups is 2. The highest BCUT2D eigenvalue weighted by atomic mass is 19.1. The fourth-order valence-corrected chi connectivity index (χ4v) is 3.09. The molecule has 1 aliphatic rings. The van der Waals surface area contributed by atoms with E-state index < -0.39 is 6.17 Å². The summed E-state index contributed by atoms with van der Waals surface area (Å²) in [7, 11) is 0. The fourth-order valence-electron chi connectivity index (χ4n) is 3.09. The second-order valence-corrected chi connectivity index (χ2v) is 7.09. The van der Waals surface area contributed by atoms with Crippen LogP contribution in [0.4, 0.5) is 4.39 Å². The Hall–Kier alpha value is -2.84. The minimum atomic E-state index is -1.09. The van der Waals surface area contributed by atoms with Gasteiger partial charge in [-0.1, -0.05) is 5.21 Å². The third kappa shape index (κ3) is 4.47. The molecule has 2 amide bonds. The first-order chi connectivity index (χ1) is 12.8. The molecule has 27 heavy (non-hydrogen) atoms. The fraction of sp³-hybridized carbons (Fsp3) is 0.500. The van der Waals surface area contributed by atoms with Gasteiger partial charge in [-0.15, -0.1) is 5.10 Å². The molecule has 1 aliphatic heterocycles. The topological polar surface area (TPSA) is 93.0 Å².